The van der Waals surface area contributed by atoms with Gasteiger partial charge in [0, 0.05) is 35.2 Å². The molecular weight excluding hydrogens is 421 g/mol. The van der Waals surface area contributed by atoms with Crippen molar-refractivity contribution in [2.24, 2.45) is 5.18 Å². The van der Waals surface area contributed by atoms with Crippen molar-refractivity contribution in [1.82, 2.24) is 9.47 Å². The van der Waals surface area contributed by atoms with Crippen molar-refractivity contribution in [3.63, 3.8) is 0 Å². The lowest BCUT2D eigenvalue weighted by molar-refractivity contribution is -0.0173. The number of morpholine rings is 1. The Kier molecular flexibility index (Phi) is 5.24. The van der Waals surface area contributed by atoms with Gasteiger partial charge in [0.15, 0.2) is 12.5 Å². The molecule has 0 aliphatic carbocycles. The summed E-state index contributed by atoms with van der Waals surface area (Å²) in [6.45, 7) is 2.16. The summed E-state index contributed by atoms with van der Waals surface area (Å²) in [6.07, 6.45) is 0. The number of amides is 1. The first kappa shape index (κ1) is 20.4. The molecule has 3 heterocycles. The standard InChI is InChI=1S/C22H20FN3O6/c23-16-7-14(20-15(8-16)11-31-12-32-20)10-26-18-9-13(21(27)25-3-5-30-6-4-25)1-2-17(18)19(24-29)22(26)28/h1-2,7-9,28H,3-6,10-12H2. The van der Waals surface area contributed by atoms with Crippen molar-refractivity contribution in [2.45, 2.75) is 13.2 Å². The van der Waals surface area contributed by atoms with Crippen LogP contribution in [0.25, 0.3) is 10.9 Å². The predicted molar refractivity (Wildman–Crippen MR) is 112 cm³/mol. The van der Waals surface area contributed by atoms with E-state index in [0.29, 0.717) is 59.6 Å². The molecule has 0 unspecified atom stereocenters. The SMILES string of the molecule is O=Nc1c(O)n(Cc2cc(F)cc3c2OCOC3)c2cc(C(=O)N3CCOCC3)ccc12. The number of aromatic nitrogens is 1. The molecule has 5 rings (SSSR count). The van der Waals surface area contributed by atoms with Crippen LogP contribution in [0.4, 0.5) is 10.1 Å². The van der Waals surface area contributed by atoms with Crippen molar-refractivity contribution in [2.75, 3.05) is 33.1 Å². The fourth-order valence-electron chi connectivity index (χ4n) is 4.19. The smallest absolute Gasteiger partial charge is 0.254 e. The highest BCUT2D eigenvalue weighted by atomic mass is 19.1. The second-order valence-corrected chi connectivity index (χ2v) is 7.65. The number of aromatic hydroxyl groups is 1. The van der Waals surface area contributed by atoms with E-state index in [1.807, 2.05) is 0 Å². The lowest BCUT2D eigenvalue weighted by Gasteiger charge is -2.27. The first-order valence-electron chi connectivity index (χ1n) is 10.1. The largest absolute Gasteiger partial charge is 0.493 e. The van der Waals surface area contributed by atoms with E-state index in [9.17, 15) is 19.2 Å². The fourth-order valence-corrected chi connectivity index (χ4v) is 4.19. The summed E-state index contributed by atoms with van der Waals surface area (Å²) in [5, 5.41) is 14.1. The fraction of sp³-hybridized carbons (Fsp3) is 0.318. The van der Waals surface area contributed by atoms with E-state index in [0.717, 1.165) is 0 Å². The van der Waals surface area contributed by atoms with E-state index >= 15 is 0 Å². The Balaban J connectivity index is 1.59. The van der Waals surface area contributed by atoms with Crippen molar-refractivity contribution in [3.05, 3.63) is 57.7 Å². The Hall–Kier alpha value is -3.50. The third-order valence-corrected chi connectivity index (χ3v) is 5.73. The topological polar surface area (TPSA) is 103 Å². The van der Waals surface area contributed by atoms with E-state index < -0.39 is 5.82 Å². The molecule has 0 spiro atoms. The van der Waals surface area contributed by atoms with Crippen molar-refractivity contribution < 1.29 is 28.5 Å². The number of hydrogen-bond donors (Lipinski definition) is 1. The monoisotopic (exact) mass is 441 g/mol. The van der Waals surface area contributed by atoms with E-state index in [1.54, 1.807) is 23.1 Å². The van der Waals surface area contributed by atoms with Gasteiger partial charge >= 0.3 is 0 Å². The molecular formula is C22H20FN3O6. The molecule has 166 valence electrons. The number of nitroso groups, excluding NO2 is 1. The maximum atomic E-state index is 14.2. The maximum Gasteiger partial charge on any atom is 0.254 e. The van der Waals surface area contributed by atoms with Gasteiger partial charge < -0.3 is 28.8 Å². The molecule has 1 fully saturated rings. The van der Waals surface area contributed by atoms with Crippen molar-refractivity contribution in [1.29, 1.82) is 0 Å². The van der Waals surface area contributed by atoms with Gasteiger partial charge in [0.25, 0.3) is 5.91 Å². The average molecular weight is 441 g/mol. The molecule has 2 aromatic carbocycles. The highest BCUT2D eigenvalue weighted by Gasteiger charge is 2.24. The zero-order valence-electron chi connectivity index (χ0n) is 17.0. The van der Waals surface area contributed by atoms with Crippen molar-refractivity contribution in [3.8, 4) is 11.6 Å². The average Bonchev–Trinajstić information content (AvgIpc) is 3.09. The molecule has 2 aliphatic heterocycles. The molecule has 0 saturated carbocycles. The molecule has 9 nitrogen and oxygen atoms in total. The molecule has 3 aromatic rings. The van der Waals surface area contributed by atoms with E-state index in [1.165, 1.54) is 16.7 Å². The summed E-state index contributed by atoms with van der Waals surface area (Å²) in [7, 11) is 0. The van der Waals surface area contributed by atoms with Gasteiger partial charge in [0.2, 0.25) is 5.88 Å². The second kappa shape index (κ2) is 8.21. The third-order valence-electron chi connectivity index (χ3n) is 5.73. The number of carbonyl (C=O) groups excluding carboxylic acids is 1. The Morgan fingerprint density at radius 3 is 2.75 bits per heavy atom. The van der Waals surface area contributed by atoms with Gasteiger partial charge in [-0.1, -0.05) is 0 Å². The second-order valence-electron chi connectivity index (χ2n) is 7.65. The molecule has 1 amide bonds. The lowest BCUT2D eigenvalue weighted by atomic mass is 10.1. The Labute approximate surface area is 181 Å². The van der Waals surface area contributed by atoms with Gasteiger partial charge in [-0.2, -0.15) is 0 Å². The van der Waals surface area contributed by atoms with Crippen LogP contribution >= 0.6 is 0 Å². The van der Waals surface area contributed by atoms with E-state index in [2.05, 4.69) is 5.18 Å². The Morgan fingerprint density at radius 2 is 1.97 bits per heavy atom. The Bertz CT molecular complexity index is 1220. The molecule has 32 heavy (non-hydrogen) atoms. The van der Waals surface area contributed by atoms with Gasteiger partial charge in [-0.25, -0.2) is 4.39 Å². The number of nitrogens with zero attached hydrogens (tertiary/aromatic N) is 3. The summed E-state index contributed by atoms with van der Waals surface area (Å²) in [5.74, 6) is -0.538. The number of benzene rings is 2. The normalized spacial score (nSPS) is 16.0. The minimum absolute atomic E-state index is 0.00709. The highest BCUT2D eigenvalue weighted by molar-refractivity contribution is 6.02. The third kappa shape index (κ3) is 3.47. The lowest BCUT2D eigenvalue weighted by Crippen LogP contribution is -2.40. The molecule has 0 atom stereocenters. The van der Waals surface area contributed by atoms with Gasteiger partial charge in [-0.05, 0) is 35.5 Å². The van der Waals surface area contributed by atoms with Crippen LogP contribution in [0, 0.1) is 10.7 Å². The molecule has 2 aliphatic rings. The molecule has 1 saturated heterocycles. The minimum Gasteiger partial charge on any atom is -0.493 e. The molecule has 0 radical (unpaired) electrons. The van der Waals surface area contributed by atoms with Crippen LogP contribution in [0.1, 0.15) is 21.5 Å². The quantitative estimate of drug-likeness (QED) is 0.624. The van der Waals surface area contributed by atoms with Gasteiger partial charge in [0.05, 0.1) is 31.9 Å². The number of fused-ring (bicyclic) bond motifs is 2. The minimum atomic E-state index is -0.472. The summed E-state index contributed by atoms with van der Waals surface area (Å²) in [5.41, 5.74) is 1.72. The predicted octanol–water partition coefficient (Wildman–Crippen LogP) is 3.27. The van der Waals surface area contributed by atoms with Crippen molar-refractivity contribution >= 4 is 22.5 Å². The maximum absolute atomic E-state index is 14.2. The summed E-state index contributed by atoms with van der Waals surface area (Å²) in [6, 6.07) is 7.44. The van der Waals surface area contributed by atoms with E-state index in [4.69, 9.17) is 14.2 Å². The number of rotatable bonds is 4. The van der Waals surface area contributed by atoms with Gasteiger partial charge in [-0.15, -0.1) is 4.91 Å². The molecule has 0 bridgehead atoms. The van der Waals surface area contributed by atoms with Gasteiger partial charge in [0.1, 0.15) is 11.6 Å². The first-order valence-corrected chi connectivity index (χ1v) is 10.1. The Morgan fingerprint density at radius 1 is 1.16 bits per heavy atom. The number of ether oxygens (including phenoxy) is 3. The molecule has 10 heteroatoms. The zero-order chi connectivity index (χ0) is 22.2. The van der Waals surface area contributed by atoms with Crippen LogP contribution in [-0.4, -0.2) is 53.6 Å². The van der Waals surface area contributed by atoms with Crippen LogP contribution in [0.15, 0.2) is 35.5 Å². The number of hydrogen-bond acceptors (Lipinski definition) is 7. The molecule has 1 aromatic heterocycles. The van der Waals surface area contributed by atoms with Gasteiger partial charge in [-0.3, -0.25) is 4.79 Å². The van der Waals surface area contributed by atoms with Crippen LogP contribution < -0.4 is 4.74 Å². The number of carbonyl (C=O) groups is 1. The van der Waals surface area contributed by atoms with Crippen LogP contribution in [-0.2, 0) is 22.6 Å². The summed E-state index contributed by atoms with van der Waals surface area (Å²) < 4.78 is 31.7. The summed E-state index contributed by atoms with van der Waals surface area (Å²) >= 11 is 0. The van der Waals surface area contributed by atoms with E-state index in [-0.39, 0.29) is 37.4 Å². The molecule has 1 N–H and O–H groups in total. The highest BCUT2D eigenvalue weighted by Crippen LogP contribution is 2.40. The first-order chi connectivity index (χ1) is 15.6. The zero-order valence-corrected chi connectivity index (χ0v) is 17.0. The number of halogens is 1. The van der Waals surface area contributed by atoms with Crippen LogP contribution in [0.5, 0.6) is 11.6 Å². The van der Waals surface area contributed by atoms with Crippen LogP contribution in [0.2, 0.25) is 0 Å². The van der Waals surface area contributed by atoms with Crippen LogP contribution in [0.3, 0.4) is 0 Å². The summed E-state index contributed by atoms with van der Waals surface area (Å²) in [4.78, 5) is 26.1.